The van der Waals surface area contributed by atoms with Crippen molar-refractivity contribution in [3.63, 3.8) is 0 Å². The number of nitrogens with zero attached hydrogens (tertiary/aromatic N) is 4. The predicted molar refractivity (Wildman–Crippen MR) is 103 cm³/mol. The highest BCUT2D eigenvalue weighted by Crippen LogP contribution is 2.45. The Morgan fingerprint density at radius 1 is 1.24 bits per heavy atom. The zero-order valence-corrected chi connectivity index (χ0v) is 17.2. The van der Waals surface area contributed by atoms with E-state index in [-0.39, 0.29) is 23.6 Å². The number of aliphatic hydroxyl groups is 1. The largest absolute Gasteiger partial charge is 0.439 e. The van der Waals surface area contributed by atoms with Crippen molar-refractivity contribution in [1.29, 1.82) is 0 Å². The zero-order chi connectivity index (χ0) is 24.1. The normalized spacial score (nSPS) is 20.6. The van der Waals surface area contributed by atoms with Gasteiger partial charge in [0.1, 0.15) is 11.6 Å². The lowest BCUT2D eigenvalue weighted by Crippen LogP contribution is -2.43. The van der Waals surface area contributed by atoms with Gasteiger partial charge in [0.2, 0.25) is 17.2 Å². The minimum atomic E-state index is -5.21. The number of hydrogen-bond donors (Lipinski definition) is 1. The van der Waals surface area contributed by atoms with Crippen molar-refractivity contribution < 1.29 is 36.7 Å². The maximum Gasteiger partial charge on any atom is 0.426 e. The van der Waals surface area contributed by atoms with Crippen LogP contribution < -0.4 is 4.74 Å². The van der Waals surface area contributed by atoms with Gasteiger partial charge in [0.25, 0.3) is 11.8 Å². The van der Waals surface area contributed by atoms with Crippen molar-refractivity contribution in [2.24, 2.45) is 0 Å². The maximum absolute atomic E-state index is 14.2. The molecule has 2 unspecified atom stereocenters. The van der Waals surface area contributed by atoms with Gasteiger partial charge < -0.3 is 14.3 Å². The topological polar surface area (TPSA) is 124 Å². The Labute approximate surface area is 183 Å². The fraction of sp³-hybridized carbons (Fsp3) is 0.350. The Morgan fingerprint density at radius 2 is 1.97 bits per heavy atom. The Hall–Kier alpha value is -3.61. The molecule has 0 saturated heterocycles. The van der Waals surface area contributed by atoms with Gasteiger partial charge in [0.15, 0.2) is 0 Å². The van der Waals surface area contributed by atoms with E-state index in [9.17, 15) is 32.8 Å². The average molecular weight is 468 g/mol. The van der Waals surface area contributed by atoms with E-state index in [1.54, 1.807) is 6.92 Å². The number of halogens is 4. The van der Waals surface area contributed by atoms with Gasteiger partial charge >= 0.3 is 11.9 Å². The molecular weight excluding hydrogens is 452 g/mol. The molecule has 0 radical (unpaired) electrons. The van der Waals surface area contributed by atoms with Crippen molar-refractivity contribution in [3.05, 3.63) is 57.2 Å². The minimum Gasteiger partial charge on any atom is -0.439 e. The first-order chi connectivity index (χ1) is 15.4. The van der Waals surface area contributed by atoms with Crippen LogP contribution in [0.5, 0.6) is 11.6 Å². The van der Waals surface area contributed by atoms with Crippen molar-refractivity contribution >= 4 is 5.69 Å². The van der Waals surface area contributed by atoms with Crippen LogP contribution in [0.1, 0.15) is 42.7 Å². The third-order valence-electron chi connectivity index (χ3n) is 5.41. The van der Waals surface area contributed by atoms with Crippen LogP contribution in [0.4, 0.5) is 23.2 Å². The molecule has 1 aromatic carbocycles. The summed E-state index contributed by atoms with van der Waals surface area (Å²) in [4.78, 5) is 14.7. The number of pyridine rings is 1. The Morgan fingerprint density at radius 3 is 2.64 bits per heavy atom. The summed E-state index contributed by atoms with van der Waals surface area (Å²) in [7, 11) is 0. The Bertz CT molecular complexity index is 1250. The lowest BCUT2D eigenvalue weighted by molar-refractivity contribution is -0.384. The minimum absolute atomic E-state index is 0.0124. The van der Waals surface area contributed by atoms with Crippen LogP contribution in [0.3, 0.4) is 0 Å². The number of aryl methyl sites for hydroxylation is 1. The molecule has 1 aliphatic heterocycles. The van der Waals surface area contributed by atoms with Crippen LogP contribution in [0, 0.1) is 22.9 Å². The van der Waals surface area contributed by atoms with Crippen molar-refractivity contribution in [3.8, 4) is 23.2 Å². The van der Waals surface area contributed by atoms with E-state index in [4.69, 9.17) is 9.15 Å². The summed E-state index contributed by atoms with van der Waals surface area (Å²) in [5.74, 6) is -3.42. The monoisotopic (exact) mass is 468 g/mol. The number of nitro groups is 1. The first-order valence-corrected chi connectivity index (χ1v) is 9.67. The van der Waals surface area contributed by atoms with Gasteiger partial charge in [-0.25, -0.2) is 9.37 Å². The molecule has 0 fully saturated rings. The standard InChI is InChI=1S/C20H16F4N4O5/c1-9-3-4-19(29,20(22,23)24)18-27-26-17(33-18)15-14(28(30)31)5-10(2)16(25-15)32-13-7-11(9)6-12(21)8-13/h5-9,29H,3-4H2,1-2H3. The number of alkyl halides is 3. The molecule has 1 aliphatic rings. The molecule has 13 heteroatoms. The van der Waals surface area contributed by atoms with E-state index in [0.717, 1.165) is 18.2 Å². The van der Waals surface area contributed by atoms with Gasteiger partial charge in [0.05, 0.1) is 4.92 Å². The molecule has 9 nitrogen and oxygen atoms in total. The maximum atomic E-state index is 14.2. The fourth-order valence-corrected chi connectivity index (χ4v) is 3.47. The van der Waals surface area contributed by atoms with Gasteiger partial charge in [-0.05, 0) is 43.4 Å². The quantitative estimate of drug-likeness (QED) is 0.303. The summed E-state index contributed by atoms with van der Waals surface area (Å²) < 4.78 is 66.6. The first kappa shape index (κ1) is 22.6. The van der Waals surface area contributed by atoms with E-state index in [1.807, 2.05) is 0 Å². The summed E-state index contributed by atoms with van der Waals surface area (Å²) in [5, 5.41) is 28.9. The second-order valence-electron chi connectivity index (χ2n) is 7.77. The highest BCUT2D eigenvalue weighted by atomic mass is 19.4. The Balaban J connectivity index is 1.99. The molecule has 174 valence electrons. The van der Waals surface area contributed by atoms with Gasteiger partial charge in [-0.1, -0.05) is 6.92 Å². The van der Waals surface area contributed by atoms with E-state index in [2.05, 4.69) is 15.2 Å². The van der Waals surface area contributed by atoms with E-state index in [1.165, 1.54) is 13.0 Å². The molecule has 33 heavy (non-hydrogen) atoms. The van der Waals surface area contributed by atoms with Crippen LogP contribution in [0.25, 0.3) is 11.6 Å². The van der Waals surface area contributed by atoms with Gasteiger partial charge in [-0.2, -0.15) is 13.2 Å². The third kappa shape index (κ3) is 3.99. The SMILES string of the molecule is Cc1cc([N+](=O)[O-])c2nc1Oc1cc(F)cc(c1)C(C)CCC(O)(C(F)(F)F)c1nnc-2o1. The zero-order valence-electron chi connectivity index (χ0n) is 17.2. The molecule has 2 aromatic heterocycles. The summed E-state index contributed by atoms with van der Waals surface area (Å²) in [6.07, 6.45) is -6.33. The summed E-state index contributed by atoms with van der Waals surface area (Å²) in [6, 6.07) is 4.67. The molecular formula is C20H16F4N4O5. The fourth-order valence-electron chi connectivity index (χ4n) is 3.47. The smallest absolute Gasteiger partial charge is 0.426 e. The molecule has 2 atom stereocenters. The molecule has 3 aromatic rings. The van der Waals surface area contributed by atoms with Gasteiger partial charge in [-0.15, -0.1) is 10.2 Å². The molecule has 6 bridgehead atoms. The number of hydrogen-bond acceptors (Lipinski definition) is 8. The number of benzene rings is 1. The third-order valence-corrected chi connectivity index (χ3v) is 5.41. The summed E-state index contributed by atoms with van der Waals surface area (Å²) in [5.41, 5.74) is -4.22. The number of ether oxygens (including phenoxy) is 1. The van der Waals surface area contributed by atoms with E-state index >= 15 is 0 Å². The van der Waals surface area contributed by atoms with Gasteiger partial charge in [-0.3, -0.25) is 10.1 Å². The Kier molecular flexibility index (Phi) is 5.31. The summed E-state index contributed by atoms with van der Waals surface area (Å²) in [6.45, 7) is 3.01. The lowest BCUT2D eigenvalue weighted by atomic mass is 9.88. The average Bonchev–Trinajstić information content (AvgIpc) is 3.21. The van der Waals surface area contributed by atoms with Crippen LogP contribution >= 0.6 is 0 Å². The predicted octanol–water partition coefficient (Wildman–Crippen LogP) is 4.93. The highest BCUT2D eigenvalue weighted by Gasteiger charge is 2.58. The number of fused-ring (bicyclic) bond motifs is 7. The number of rotatable bonds is 1. The van der Waals surface area contributed by atoms with Crippen molar-refractivity contribution in [2.45, 2.75) is 44.4 Å². The molecule has 3 heterocycles. The van der Waals surface area contributed by atoms with E-state index in [0.29, 0.717) is 5.56 Å². The molecule has 1 N–H and O–H groups in total. The molecule has 0 aliphatic carbocycles. The van der Waals surface area contributed by atoms with Crippen LogP contribution in [0.2, 0.25) is 0 Å². The molecule has 0 amide bonds. The van der Waals surface area contributed by atoms with E-state index < -0.39 is 58.0 Å². The molecule has 0 saturated carbocycles. The second-order valence-corrected chi connectivity index (χ2v) is 7.77. The number of aromatic nitrogens is 3. The second kappa shape index (κ2) is 7.76. The molecule has 4 rings (SSSR count). The van der Waals surface area contributed by atoms with Crippen molar-refractivity contribution in [1.82, 2.24) is 15.2 Å². The van der Waals surface area contributed by atoms with Crippen LogP contribution in [-0.2, 0) is 5.60 Å². The van der Waals surface area contributed by atoms with Gasteiger partial charge in [0, 0.05) is 17.7 Å². The van der Waals surface area contributed by atoms with Crippen molar-refractivity contribution in [2.75, 3.05) is 0 Å². The highest BCUT2D eigenvalue weighted by molar-refractivity contribution is 5.64. The van der Waals surface area contributed by atoms with Crippen LogP contribution in [0.15, 0.2) is 28.7 Å². The van der Waals surface area contributed by atoms with Crippen LogP contribution in [-0.4, -0.2) is 31.4 Å². The molecule has 0 spiro atoms. The first-order valence-electron chi connectivity index (χ1n) is 9.67. The summed E-state index contributed by atoms with van der Waals surface area (Å²) >= 11 is 0. The lowest BCUT2D eigenvalue weighted by Gasteiger charge is -2.28.